The zero-order chi connectivity index (χ0) is 17.1. The number of carbonyl (C=O) groups excluding carboxylic acids is 1. The highest BCUT2D eigenvalue weighted by atomic mass is 16.5. The molecule has 0 aliphatic carbocycles. The highest BCUT2D eigenvalue weighted by molar-refractivity contribution is 5.92. The summed E-state index contributed by atoms with van der Waals surface area (Å²) < 4.78 is 7.22. The average molecular weight is 328 g/mol. The number of imidazole rings is 1. The summed E-state index contributed by atoms with van der Waals surface area (Å²) in [6.45, 7) is 7.22. The van der Waals surface area contributed by atoms with E-state index in [2.05, 4.69) is 27.3 Å². The summed E-state index contributed by atoms with van der Waals surface area (Å²) in [4.78, 5) is 19.0. The van der Waals surface area contributed by atoms with E-state index in [-0.39, 0.29) is 11.9 Å². The smallest absolute Gasteiger partial charge is 0.269 e. The molecular weight excluding hydrogens is 304 g/mol. The second-order valence-corrected chi connectivity index (χ2v) is 6.40. The lowest BCUT2D eigenvalue weighted by molar-refractivity contribution is 0.0929. The van der Waals surface area contributed by atoms with Gasteiger partial charge in [0.1, 0.15) is 17.3 Å². The topological polar surface area (TPSA) is 59.4 Å². The first kappa shape index (κ1) is 16.5. The molecule has 1 aliphatic rings. The number of hydrogen-bond acceptors (Lipinski definition) is 4. The number of nitrogens with one attached hydrogen (secondary N) is 1. The molecular formula is C18H24N4O2. The third-order valence-corrected chi connectivity index (χ3v) is 4.16. The first-order chi connectivity index (χ1) is 11.6. The molecule has 0 radical (unpaired) electrons. The van der Waals surface area contributed by atoms with Crippen LogP contribution in [-0.2, 0) is 19.6 Å². The molecule has 1 N–H and O–H groups in total. The van der Waals surface area contributed by atoms with Gasteiger partial charge in [-0.2, -0.15) is 0 Å². The molecule has 24 heavy (non-hydrogen) atoms. The Hall–Kier alpha value is -2.34. The van der Waals surface area contributed by atoms with E-state index in [1.807, 2.05) is 30.5 Å². The molecule has 0 saturated heterocycles. The van der Waals surface area contributed by atoms with Gasteiger partial charge in [-0.3, -0.25) is 9.69 Å². The molecule has 1 aromatic heterocycles. The Morgan fingerprint density at radius 3 is 2.71 bits per heavy atom. The number of carbonyl (C=O) groups is 1. The summed E-state index contributed by atoms with van der Waals surface area (Å²) >= 11 is 0. The first-order valence-corrected chi connectivity index (χ1v) is 8.27. The summed E-state index contributed by atoms with van der Waals surface area (Å²) in [6, 6.07) is 8.25. The molecule has 3 rings (SSSR count). The van der Waals surface area contributed by atoms with Gasteiger partial charge < -0.3 is 14.6 Å². The summed E-state index contributed by atoms with van der Waals surface area (Å²) in [5.41, 5.74) is 1.90. The van der Waals surface area contributed by atoms with Crippen molar-refractivity contribution in [2.75, 3.05) is 13.7 Å². The van der Waals surface area contributed by atoms with Crippen molar-refractivity contribution in [3.8, 4) is 5.75 Å². The third-order valence-electron chi connectivity index (χ3n) is 4.16. The van der Waals surface area contributed by atoms with Crippen LogP contribution in [0.3, 0.4) is 0 Å². The van der Waals surface area contributed by atoms with E-state index in [1.165, 1.54) is 5.56 Å². The summed E-state index contributed by atoms with van der Waals surface area (Å²) in [6.07, 6.45) is 1.68. The van der Waals surface area contributed by atoms with Crippen LogP contribution in [0.2, 0.25) is 0 Å². The van der Waals surface area contributed by atoms with Gasteiger partial charge in [0.05, 0.1) is 19.9 Å². The average Bonchev–Trinajstić information content (AvgIpc) is 2.98. The van der Waals surface area contributed by atoms with Gasteiger partial charge in [0.25, 0.3) is 5.91 Å². The van der Waals surface area contributed by atoms with Crippen molar-refractivity contribution in [1.29, 1.82) is 0 Å². The molecule has 0 unspecified atom stereocenters. The van der Waals surface area contributed by atoms with Crippen molar-refractivity contribution >= 4 is 5.91 Å². The Kier molecular flexibility index (Phi) is 4.85. The fraction of sp³-hybridized carbons (Fsp3) is 0.444. The second kappa shape index (κ2) is 7.05. The second-order valence-electron chi connectivity index (χ2n) is 6.40. The minimum Gasteiger partial charge on any atom is -0.497 e. The van der Waals surface area contributed by atoms with Gasteiger partial charge >= 0.3 is 0 Å². The van der Waals surface area contributed by atoms with Gasteiger partial charge in [-0.25, -0.2) is 4.98 Å². The number of benzene rings is 1. The van der Waals surface area contributed by atoms with Gasteiger partial charge in [-0.1, -0.05) is 12.1 Å². The van der Waals surface area contributed by atoms with E-state index < -0.39 is 0 Å². The third kappa shape index (κ3) is 3.59. The lowest BCUT2D eigenvalue weighted by Crippen LogP contribution is -2.37. The number of amides is 1. The Balaban J connectivity index is 1.66. The molecule has 0 fully saturated rings. The lowest BCUT2D eigenvalue weighted by Gasteiger charge is -2.28. The number of ether oxygens (including phenoxy) is 1. The minimum atomic E-state index is -0.0487. The Bertz CT molecular complexity index is 706. The van der Waals surface area contributed by atoms with E-state index in [0.29, 0.717) is 5.69 Å². The quantitative estimate of drug-likeness (QED) is 0.912. The zero-order valence-corrected chi connectivity index (χ0v) is 14.5. The Morgan fingerprint density at radius 1 is 1.29 bits per heavy atom. The van der Waals surface area contributed by atoms with Crippen molar-refractivity contribution in [1.82, 2.24) is 19.8 Å². The van der Waals surface area contributed by atoms with Gasteiger partial charge in [0, 0.05) is 25.7 Å². The number of aromatic nitrogens is 2. The monoisotopic (exact) mass is 328 g/mol. The number of hydrogen-bond donors (Lipinski definition) is 1. The normalized spacial score (nSPS) is 14.5. The van der Waals surface area contributed by atoms with E-state index in [9.17, 15) is 4.79 Å². The molecule has 1 aromatic carbocycles. The van der Waals surface area contributed by atoms with Crippen LogP contribution in [0, 0.1) is 0 Å². The maximum atomic E-state index is 12.2. The van der Waals surface area contributed by atoms with E-state index >= 15 is 0 Å². The fourth-order valence-corrected chi connectivity index (χ4v) is 2.95. The predicted molar refractivity (Wildman–Crippen MR) is 91.9 cm³/mol. The summed E-state index contributed by atoms with van der Waals surface area (Å²) in [5.74, 6) is 1.77. The molecule has 2 aromatic rings. The standard InChI is InChI=1S/C18H24N4O2/c1-13(2)20-18(23)16-10-19-17-12-21(8-9-22(16)17)11-14-4-6-15(24-3)7-5-14/h4-7,10,13H,8-9,11-12H2,1-3H3,(H,20,23). The van der Waals surface area contributed by atoms with Gasteiger partial charge in [-0.05, 0) is 31.5 Å². The highest BCUT2D eigenvalue weighted by Gasteiger charge is 2.23. The van der Waals surface area contributed by atoms with Crippen molar-refractivity contribution in [2.24, 2.45) is 0 Å². The number of fused-ring (bicyclic) bond motifs is 1. The molecule has 6 nitrogen and oxygen atoms in total. The number of rotatable bonds is 5. The van der Waals surface area contributed by atoms with Crippen LogP contribution in [0.4, 0.5) is 0 Å². The minimum absolute atomic E-state index is 0.0487. The Labute approximate surface area is 142 Å². The van der Waals surface area contributed by atoms with E-state index in [4.69, 9.17) is 4.74 Å². The van der Waals surface area contributed by atoms with Crippen molar-refractivity contribution in [2.45, 2.75) is 39.5 Å². The van der Waals surface area contributed by atoms with Crippen molar-refractivity contribution in [3.05, 3.63) is 47.5 Å². The van der Waals surface area contributed by atoms with Crippen LogP contribution in [-0.4, -0.2) is 40.1 Å². The molecule has 0 bridgehead atoms. The molecule has 0 spiro atoms. The maximum absolute atomic E-state index is 12.2. The largest absolute Gasteiger partial charge is 0.497 e. The van der Waals surface area contributed by atoms with Gasteiger partial charge in [-0.15, -0.1) is 0 Å². The molecule has 2 heterocycles. The molecule has 1 amide bonds. The van der Waals surface area contributed by atoms with Crippen molar-refractivity contribution < 1.29 is 9.53 Å². The summed E-state index contributed by atoms with van der Waals surface area (Å²) in [7, 11) is 1.67. The molecule has 6 heteroatoms. The Morgan fingerprint density at radius 2 is 2.04 bits per heavy atom. The molecule has 128 valence electrons. The highest BCUT2D eigenvalue weighted by Crippen LogP contribution is 2.18. The number of methoxy groups -OCH3 is 1. The van der Waals surface area contributed by atoms with Gasteiger partial charge in [0.2, 0.25) is 0 Å². The van der Waals surface area contributed by atoms with Crippen LogP contribution in [0.5, 0.6) is 5.75 Å². The SMILES string of the molecule is COc1ccc(CN2CCn3c(C(=O)NC(C)C)cnc3C2)cc1. The fourth-order valence-electron chi connectivity index (χ4n) is 2.95. The summed E-state index contributed by atoms with van der Waals surface area (Å²) in [5, 5.41) is 2.93. The van der Waals surface area contributed by atoms with Crippen LogP contribution >= 0.6 is 0 Å². The lowest BCUT2D eigenvalue weighted by atomic mass is 10.2. The van der Waals surface area contributed by atoms with E-state index in [0.717, 1.165) is 37.8 Å². The maximum Gasteiger partial charge on any atom is 0.269 e. The van der Waals surface area contributed by atoms with Gasteiger partial charge in [0.15, 0.2) is 0 Å². The first-order valence-electron chi connectivity index (χ1n) is 8.27. The van der Waals surface area contributed by atoms with Crippen LogP contribution < -0.4 is 10.1 Å². The van der Waals surface area contributed by atoms with Crippen LogP contribution in [0.1, 0.15) is 35.7 Å². The van der Waals surface area contributed by atoms with E-state index in [1.54, 1.807) is 13.3 Å². The predicted octanol–water partition coefficient (Wildman–Crippen LogP) is 2.05. The van der Waals surface area contributed by atoms with Crippen molar-refractivity contribution in [3.63, 3.8) is 0 Å². The zero-order valence-electron chi connectivity index (χ0n) is 14.5. The molecule has 1 aliphatic heterocycles. The van der Waals surface area contributed by atoms with Crippen LogP contribution in [0.15, 0.2) is 30.5 Å². The molecule has 0 saturated carbocycles. The number of nitrogens with zero attached hydrogens (tertiary/aromatic N) is 3. The molecule has 0 atom stereocenters. The van der Waals surface area contributed by atoms with Crippen LogP contribution in [0.25, 0.3) is 0 Å².